The summed E-state index contributed by atoms with van der Waals surface area (Å²) in [6.07, 6.45) is 9.12. The molecule has 0 unspecified atom stereocenters. The zero-order valence-electron chi connectivity index (χ0n) is 22.6. The molecule has 0 radical (unpaired) electrons. The van der Waals surface area contributed by atoms with E-state index in [-0.39, 0.29) is 11.4 Å². The van der Waals surface area contributed by atoms with Gasteiger partial charge < -0.3 is 5.32 Å². The Hall–Kier alpha value is -3.86. The van der Waals surface area contributed by atoms with Crippen LogP contribution in [0.3, 0.4) is 0 Å². The van der Waals surface area contributed by atoms with Crippen molar-refractivity contribution in [1.29, 1.82) is 0 Å². The number of sulfonamides is 1. The van der Waals surface area contributed by atoms with Gasteiger partial charge in [-0.15, -0.1) is 0 Å². The molecule has 42 heavy (non-hydrogen) atoms. The first-order valence-electron chi connectivity index (χ1n) is 13.4. The Morgan fingerprint density at radius 1 is 0.976 bits per heavy atom. The number of hydrogen-bond donors (Lipinski definition) is 2. The first-order chi connectivity index (χ1) is 20.2. The fourth-order valence-electron chi connectivity index (χ4n) is 4.99. The van der Waals surface area contributed by atoms with Crippen LogP contribution < -0.4 is 10.0 Å². The first kappa shape index (κ1) is 28.3. The number of halogens is 3. The van der Waals surface area contributed by atoms with Crippen LogP contribution in [-0.2, 0) is 29.5 Å². The van der Waals surface area contributed by atoms with Gasteiger partial charge in [0.1, 0.15) is 5.82 Å². The average Bonchev–Trinajstić information content (AvgIpc) is 3.79. The van der Waals surface area contributed by atoms with Crippen molar-refractivity contribution in [2.75, 3.05) is 0 Å². The second-order valence-corrected chi connectivity index (χ2v) is 12.9. The molecule has 0 saturated heterocycles. The second kappa shape index (κ2) is 11.4. The molecule has 2 heterocycles. The summed E-state index contributed by atoms with van der Waals surface area (Å²) in [6.45, 7) is 2.69. The molecule has 214 valence electrons. The smallest absolute Gasteiger partial charge is 0.240 e. The fourth-order valence-corrected chi connectivity index (χ4v) is 6.42. The molecule has 4 aromatic rings. The molecule has 1 aliphatic carbocycles. The minimum Gasteiger partial charge on any atom is -0.366 e. The summed E-state index contributed by atoms with van der Waals surface area (Å²) in [5.74, 6) is -1.09. The highest BCUT2D eigenvalue weighted by molar-refractivity contribution is 9.10. The van der Waals surface area contributed by atoms with Gasteiger partial charge in [0.15, 0.2) is 11.6 Å². The molecule has 2 N–H and O–H groups in total. The van der Waals surface area contributed by atoms with Crippen LogP contribution in [0.2, 0.25) is 0 Å². The Morgan fingerprint density at radius 3 is 2.40 bits per heavy atom. The van der Waals surface area contributed by atoms with Crippen LogP contribution in [0.25, 0.3) is 11.4 Å². The third kappa shape index (κ3) is 5.88. The lowest BCUT2D eigenvalue weighted by molar-refractivity contribution is 0.504. The van der Waals surface area contributed by atoms with Crippen molar-refractivity contribution in [2.45, 2.75) is 37.2 Å². The zero-order valence-corrected chi connectivity index (χ0v) is 25.0. The maximum Gasteiger partial charge on any atom is 0.240 e. The molecule has 0 fully saturated rings. The number of aromatic nitrogens is 2. The summed E-state index contributed by atoms with van der Waals surface area (Å²) in [6, 6.07) is 18.5. The third-order valence-corrected chi connectivity index (χ3v) is 9.44. The van der Waals surface area contributed by atoms with Gasteiger partial charge in [-0.3, -0.25) is 0 Å². The predicted molar refractivity (Wildman–Crippen MR) is 162 cm³/mol. The van der Waals surface area contributed by atoms with Crippen LogP contribution >= 0.6 is 15.9 Å². The van der Waals surface area contributed by atoms with Gasteiger partial charge in [0.2, 0.25) is 10.0 Å². The number of benzene rings is 3. The van der Waals surface area contributed by atoms with Crippen molar-refractivity contribution in [3.63, 3.8) is 0 Å². The lowest BCUT2D eigenvalue weighted by Crippen LogP contribution is -2.23. The van der Waals surface area contributed by atoms with Crippen molar-refractivity contribution in [1.82, 2.24) is 19.8 Å². The molecule has 0 atom stereocenters. The number of nitrogens with one attached hydrogen (secondary N) is 2. The lowest BCUT2D eigenvalue weighted by Gasteiger charge is -2.15. The van der Waals surface area contributed by atoms with E-state index in [1.807, 2.05) is 28.9 Å². The Morgan fingerprint density at radius 2 is 1.69 bits per heavy atom. The molecule has 0 bridgehead atoms. The van der Waals surface area contributed by atoms with E-state index in [1.54, 1.807) is 6.20 Å². The van der Waals surface area contributed by atoms with E-state index >= 15 is 0 Å². The quantitative estimate of drug-likeness (QED) is 0.199. The van der Waals surface area contributed by atoms with Gasteiger partial charge in [0, 0.05) is 25.4 Å². The fraction of sp³-hybridized carbons (Fsp3) is 0.156. The molecule has 3 aromatic carbocycles. The maximum absolute atomic E-state index is 13.5. The molecule has 10 heteroatoms. The Bertz CT molecular complexity index is 1870. The lowest BCUT2D eigenvalue weighted by atomic mass is 9.92. The summed E-state index contributed by atoms with van der Waals surface area (Å²) in [5.41, 5.74) is 7.69. The third-order valence-electron chi connectivity index (χ3n) is 7.38. The Kier molecular flexibility index (Phi) is 7.69. The van der Waals surface area contributed by atoms with E-state index in [0.717, 1.165) is 45.7 Å². The Labute approximate surface area is 251 Å². The minimum absolute atomic E-state index is 0.00750. The predicted octanol–water partition coefficient (Wildman–Crippen LogP) is 6.67. The van der Waals surface area contributed by atoms with E-state index < -0.39 is 21.7 Å². The van der Waals surface area contributed by atoms with Gasteiger partial charge in [-0.1, -0.05) is 66.3 Å². The standard InChI is InChI=1S/C32H27BrF2N4O2S/c1-20-14-31-28(33)19-37-39(31)32(16-27(20)26-5-3-2-4-25(26)23-10-11-23)36-17-21-6-8-22(9-7-21)18-38-42(40,41)24-12-13-29(34)30(35)15-24/h2-13,15-16,19,23,36,38H,14,17-18H2,1H3. The number of nitrogens with zero attached hydrogens (tertiary/aromatic N) is 2. The SMILES string of the molecule is CC1=C(c2ccccc2C2C=C2)C=C(NCc2ccc(CNS(=O)(=O)c3ccc(F)c(F)c3)cc2)n2ncc(Br)c2C1. The van der Waals surface area contributed by atoms with Crippen molar-refractivity contribution < 1.29 is 17.2 Å². The molecular formula is C32H27BrF2N4O2S. The monoisotopic (exact) mass is 648 g/mol. The van der Waals surface area contributed by atoms with E-state index in [9.17, 15) is 17.2 Å². The molecule has 6 rings (SSSR count). The number of allylic oxidation sites excluding steroid dienone is 5. The largest absolute Gasteiger partial charge is 0.366 e. The minimum atomic E-state index is -4.00. The molecule has 2 aliphatic rings. The van der Waals surface area contributed by atoms with Crippen molar-refractivity contribution in [3.8, 4) is 0 Å². The number of hydrogen-bond acceptors (Lipinski definition) is 4. The molecule has 6 nitrogen and oxygen atoms in total. The highest BCUT2D eigenvalue weighted by Gasteiger charge is 2.24. The summed E-state index contributed by atoms with van der Waals surface area (Å²) in [5, 5.41) is 8.18. The normalized spacial score (nSPS) is 14.9. The summed E-state index contributed by atoms with van der Waals surface area (Å²) in [7, 11) is -4.00. The second-order valence-electron chi connectivity index (χ2n) is 10.3. The van der Waals surface area contributed by atoms with E-state index in [2.05, 4.69) is 80.5 Å². The highest BCUT2D eigenvalue weighted by Crippen LogP contribution is 2.38. The van der Waals surface area contributed by atoms with Crippen LogP contribution in [0, 0.1) is 11.6 Å². The van der Waals surface area contributed by atoms with Gasteiger partial charge in [0.05, 0.1) is 21.3 Å². The molecule has 0 saturated carbocycles. The Balaban J connectivity index is 1.19. The van der Waals surface area contributed by atoms with Gasteiger partial charge in [-0.2, -0.15) is 5.10 Å². The topological polar surface area (TPSA) is 76.0 Å². The van der Waals surface area contributed by atoms with Gasteiger partial charge in [-0.05, 0) is 75.0 Å². The zero-order chi connectivity index (χ0) is 29.4. The number of rotatable bonds is 9. The van der Waals surface area contributed by atoms with Crippen LogP contribution in [0.1, 0.15) is 40.8 Å². The van der Waals surface area contributed by atoms with Gasteiger partial charge in [0.25, 0.3) is 0 Å². The summed E-state index contributed by atoms with van der Waals surface area (Å²) >= 11 is 3.66. The van der Waals surface area contributed by atoms with Crippen LogP contribution in [0.5, 0.6) is 0 Å². The number of fused-ring (bicyclic) bond motifs is 1. The highest BCUT2D eigenvalue weighted by atomic mass is 79.9. The van der Waals surface area contributed by atoms with E-state index in [1.165, 1.54) is 22.3 Å². The van der Waals surface area contributed by atoms with Crippen LogP contribution in [0.15, 0.2) is 106 Å². The molecular weight excluding hydrogens is 622 g/mol. The maximum atomic E-state index is 13.5. The first-order valence-corrected chi connectivity index (χ1v) is 15.7. The van der Waals surface area contributed by atoms with Gasteiger partial charge >= 0.3 is 0 Å². The van der Waals surface area contributed by atoms with Crippen molar-refractivity contribution in [3.05, 3.63) is 141 Å². The molecule has 0 spiro atoms. The molecule has 1 aliphatic heterocycles. The molecule has 1 aromatic heterocycles. The average molecular weight is 650 g/mol. The van der Waals surface area contributed by atoms with Crippen LogP contribution in [0.4, 0.5) is 8.78 Å². The summed E-state index contributed by atoms with van der Waals surface area (Å²) < 4.78 is 57.1. The van der Waals surface area contributed by atoms with Crippen molar-refractivity contribution in [2.24, 2.45) is 0 Å². The van der Waals surface area contributed by atoms with Gasteiger partial charge in [-0.25, -0.2) is 26.6 Å². The van der Waals surface area contributed by atoms with Crippen molar-refractivity contribution >= 4 is 37.3 Å². The van der Waals surface area contributed by atoms with E-state index in [0.29, 0.717) is 18.5 Å². The van der Waals surface area contributed by atoms with Crippen LogP contribution in [-0.4, -0.2) is 18.2 Å². The summed E-state index contributed by atoms with van der Waals surface area (Å²) in [4.78, 5) is -0.330. The van der Waals surface area contributed by atoms with E-state index in [4.69, 9.17) is 0 Å². The molecule has 0 amide bonds.